The van der Waals surface area contributed by atoms with Gasteiger partial charge in [0.15, 0.2) is 0 Å². The van der Waals surface area contributed by atoms with Gasteiger partial charge in [-0.05, 0) is 62.8 Å². The number of nitrogens with one attached hydrogen (secondary N) is 1. The van der Waals surface area contributed by atoms with Gasteiger partial charge >= 0.3 is 0 Å². The maximum absolute atomic E-state index is 9.39. The Labute approximate surface area is 155 Å². The third-order valence-corrected chi connectivity index (χ3v) is 5.26. The molecule has 0 fully saturated rings. The number of aliphatic hydroxyl groups excluding tert-OH is 1. The van der Waals surface area contributed by atoms with E-state index in [-0.39, 0.29) is 6.61 Å². The third kappa shape index (κ3) is 3.13. The molecule has 124 valence electrons. The number of aliphatic hydroxyl groups is 1. The van der Waals surface area contributed by atoms with E-state index in [1.807, 2.05) is 30.3 Å². The standard InChI is InChI=1S/C22H18BrNO/c23-21-19-8-4-5-9-20(19)24-22(21)18-13-15(10-11-25)12-17(14-18)16-6-2-1-3-7-16/h1-9,12-14,24-25H,10-11H2. The van der Waals surface area contributed by atoms with Gasteiger partial charge < -0.3 is 10.1 Å². The van der Waals surface area contributed by atoms with E-state index in [1.165, 1.54) is 10.9 Å². The number of fused-ring (bicyclic) bond motifs is 1. The number of para-hydroxylation sites is 1. The van der Waals surface area contributed by atoms with Crippen LogP contribution in [0.5, 0.6) is 0 Å². The Kier molecular flexibility index (Phi) is 4.43. The topological polar surface area (TPSA) is 36.0 Å². The van der Waals surface area contributed by atoms with Crippen LogP contribution in [0.1, 0.15) is 5.56 Å². The average molecular weight is 392 g/mol. The Morgan fingerprint density at radius 3 is 2.28 bits per heavy atom. The van der Waals surface area contributed by atoms with Gasteiger partial charge in [-0.15, -0.1) is 0 Å². The largest absolute Gasteiger partial charge is 0.396 e. The van der Waals surface area contributed by atoms with E-state index in [0.29, 0.717) is 6.42 Å². The maximum Gasteiger partial charge on any atom is 0.0609 e. The van der Waals surface area contributed by atoms with E-state index in [9.17, 15) is 5.11 Å². The predicted molar refractivity (Wildman–Crippen MR) is 108 cm³/mol. The van der Waals surface area contributed by atoms with Crippen LogP contribution in [0.4, 0.5) is 0 Å². The molecule has 0 aliphatic rings. The van der Waals surface area contributed by atoms with Gasteiger partial charge in [-0.1, -0.05) is 54.6 Å². The van der Waals surface area contributed by atoms with Gasteiger partial charge in [-0.25, -0.2) is 0 Å². The Bertz CT molecular complexity index is 1020. The summed E-state index contributed by atoms with van der Waals surface area (Å²) < 4.78 is 1.07. The van der Waals surface area contributed by atoms with Crippen LogP contribution in [0.2, 0.25) is 0 Å². The molecule has 3 heteroatoms. The minimum absolute atomic E-state index is 0.144. The van der Waals surface area contributed by atoms with E-state index in [1.54, 1.807) is 0 Å². The number of aromatic amines is 1. The molecule has 3 aromatic carbocycles. The average Bonchev–Trinajstić information content (AvgIpc) is 3.00. The lowest BCUT2D eigenvalue weighted by atomic mass is 9.97. The van der Waals surface area contributed by atoms with Gasteiger partial charge in [-0.2, -0.15) is 0 Å². The molecule has 0 unspecified atom stereocenters. The van der Waals surface area contributed by atoms with E-state index < -0.39 is 0 Å². The van der Waals surface area contributed by atoms with Crippen LogP contribution in [0.25, 0.3) is 33.3 Å². The molecule has 2 nitrogen and oxygen atoms in total. The number of halogens is 1. The van der Waals surface area contributed by atoms with E-state index in [2.05, 4.69) is 63.4 Å². The summed E-state index contributed by atoms with van der Waals surface area (Å²) in [6, 6.07) is 25.1. The zero-order chi connectivity index (χ0) is 17.2. The molecule has 0 atom stereocenters. The lowest BCUT2D eigenvalue weighted by Gasteiger charge is -2.10. The monoisotopic (exact) mass is 391 g/mol. The second-order valence-electron chi connectivity index (χ2n) is 6.12. The molecule has 0 saturated heterocycles. The molecule has 25 heavy (non-hydrogen) atoms. The second-order valence-corrected chi connectivity index (χ2v) is 6.91. The number of hydrogen-bond acceptors (Lipinski definition) is 1. The van der Waals surface area contributed by atoms with E-state index in [4.69, 9.17) is 0 Å². The van der Waals surface area contributed by atoms with Gasteiger partial charge in [0.25, 0.3) is 0 Å². The number of rotatable bonds is 4. The first kappa shape index (κ1) is 16.1. The fraction of sp³-hybridized carbons (Fsp3) is 0.0909. The first-order valence-corrected chi connectivity index (χ1v) is 9.12. The van der Waals surface area contributed by atoms with E-state index >= 15 is 0 Å². The van der Waals surface area contributed by atoms with Gasteiger partial charge in [0.05, 0.1) is 10.2 Å². The summed E-state index contributed by atoms with van der Waals surface area (Å²) in [5.41, 5.74) is 6.76. The van der Waals surface area contributed by atoms with Crippen LogP contribution in [-0.4, -0.2) is 16.7 Å². The number of aromatic nitrogens is 1. The van der Waals surface area contributed by atoms with E-state index in [0.717, 1.165) is 32.4 Å². The zero-order valence-electron chi connectivity index (χ0n) is 13.7. The lowest BCUT2D eigenvalue weighted by molar-refractivity contribution is 0.299. The summed E-state index contributed by atoms with van der Waals surface area (Å²) in [6.45, 7) is 0.144. The van der Waals surface area contributed by atoms with Crippen molar-refractivity contribution in [3.8, 4) is 22.4 Å². The molecule has 4 aromatic rings. The van der Waals surface area contributed by atoms with Crippen molar-refractivity contribution in [1.29, 1.82) is 0 Å². The van der Waals surface area contributed by atoms with Crippen LogP contribution in [-0.2, 0) is 6.42 Å². The fourth-order valence-corrected chi connectivity index (χ4v) is 3.89. The van der Waals surface area contributed by atoms with Crippen molar-refractivity contribution in [3.05, 3.63) is 82.8 Å². The number of hydrogen-bond donors (Lipinski definition) is 2. The Balaban J connectivity index is 1.91. The quantitative estimate of drug-likeness (QED) is 0.453. The summed E-state index contributed by atoms with van der Waals surface area (Å²) in [6.07, 6.45) is 0.644. The third-order valence-electron chi connectivity index (χ3n) is 4.43. The van der Waals surface area contributed by atoms with Crippen LogP contribution >= 0.6 is 15.9 Å². The second kappa shape index (κ2) is 6.87. The highest BCUT2D eigenvalue weighted by Gasteiger charge is 2.12. The summed E-state index contributed by atoms with van der Waals surface area (Å²) in [5.74, 6) is 0. The lowest BCUT2D eigenvalue weighted by Crippen LogP contribution is -1.93. The van der Waals surface area contributed by atoms with Crippen molar-refractivity contribution in [2.45, 2.75) is 6.42 Å². The molecule has 0 aliphatic heterocycles. The van der Waals surface area contributed by atoms with Crippen molar-refractivity contribution in [3.63, 3.8) is 0 Å². The van der Waals surface area contributed by atoms with Crippen LogP contribution in [0, 0.1) is 0 Å². The van der Waals surface area contributed by atoms with Gasteiger partial charge in [-0.3, -0.25) is 0 Å². The first-order chi connectivity index (χ1) is 12.3. The molecule has 1 heterocycles. The summed E-state index contributed by atoms with van der Waals surface area (Å²) >= 11 is 3.75. The molecular weight excluding hydrogens is 374 g/mol. The molecular formula is C22H18BrNO. The molecule has 0 saturated carbocycles. The van der Waals surface area contributed by atoms with Gasteiger partial charge in [0.1, 0.15) is 0 Å². The summed E-state index contributed by atoms with van der Waals surface area (Å²) in [7, 11) is 0. The Hall–Kier alpha value is -2.36. The normalized spacial score (nSPS) is 11.1. The molecule has 4 rings (SSSR count). The zero-order valence-corrected chi connectivity index (χ0v) is 15.3. The highest BCUT2D eigenvalue weighted by molar-refractivity contribution is 9.10. The summed E-state index contributed by atoms with van der Waals surface area (Å²) in [4.78, 5) is 3.52. The number of H-pyrrole nitrogens is 1. The molecule has 2 N–H and O–H groups in total. The molecule has 0 aliphatic carbocycles. The van der Waals surface area contributed by atoms with Crippen molar-refractivity contribution in [1.82, 2.24) is 4.98 Å². The SMILES string of the molecule is OCCc1cc(-c2ccccc2)cc(-c2[nH]c3ccccc3c2Br)c1. The molecule has 0 amide bonds. The molecule has 0 radical (unpaired) electrons. The molecule has 0 bridgehead atoms. The van der Waals surface area contributed by atoms with Crippen LogP contribution < -0.4 is 0 Å². The minimum Gasteiger partial charge on any atom is -0.396 e. The van der Waals surface area contributed by atoms with Crippen LogP contribution in [0.15, 0.2) is 77.3 Å². The fourth-order valence-electron chi connectivity index (χ4n) is 3.21. The minimum atomic E-state index is 0.144. The molecule has 0 spiro atoms. The van der Waals surface area contributed by atoms with Crippen molar-refractivity contribution in [2.24, 2.45) is 0 Å². The maximum atomic E-state index is 9.39. The Morgan fingerprint density at radius 2 is 1.52 bits per heavy atom. The van der Waals surface area contributed by atoms with Crippen LogP contribution in [0.3, 0.4) is 0 Å². The highest BCUT2D eigenvalue weighted by atomic mass is 79.9. The van der Waals surface area contributed by atoms with Crippen molar-refractivity contribution in [2.75, 3.05) is 6.61 Å². The smallest absolute Gasteiger partial charge is 0.0609 e. The van der Waals surface area contributed by atoms with Crippen molar-refractivity contribution < 1.29 is 5.11 Å². The highest BCUT2D eigenvalue weighted by Crippen LogP contribution is 2.36. The Morgan fingerprint density at radius 1 is 0.800 bits per heavy atom. The predicted octanol–water partition coefficient (Wildman–Crippen LogP) is 5.80. The molecule has 1 aromatic heterocycles. The van der Waals surface area contributed by atoms with Crippen molar-refractivity contribution >= 4 is 26.8 Å². The van der Waals surface area contributed by atoms with Gasteiger partial charge in [0, 0.05) is 17.5 Å². The first-order valence-electron chi connectivity index (χ1n) is 8.33. The number of benzene rings is 3. The summed E-state index contributed by atoms with van der Waals surface area (Å²) in [5, 5.41) is 10.6. The van der Waals surface area contributed by atoms with Gasteiger partial charge in [0.2, 0.25) is 0 Å².